The maximum atomic E-state index is 11.7. The molecule has 1 aliphatic rings. The van der Waals surface area contributed by atoms with E-state index in [0.717, 1.165) is 31.3 Å². The first-order valence-electron chi connectivity index (χ1n) is 5.84. The third kappa shape index (κ3) is 3.17. The normalized spacial score (nSPS) is 16.3. The van der Waals surface area contributed by atoms with Crippen molar-refractivity contribution in [1.29, 1.82) is 0 Å². The summed E-state index contributed by atoms with van der Waals surface area (Å²) >= 11 is 1.63. The molecule has 1 aliphatic heterocycles. The number of aliphatic hydroxyl groups excluding tert-OH is 1. The molecule has 2 heterocycles. The molecule has 1 N–H and O–H groups in total. The van der Waals surface area contributed by atoms with E-state index in [1.807, 2.05) is 10.3 Å². The number of carbonyl (C=O) groups is 1. The van der Waals surface area contributed by atoms with Crippen LogP contribution < -0.4 is 4.90 Å². The zero-order valence-corrected chi connectivity index (χ0v) is 10.5. The number of amides is 1. The van der Waals surface area contributed by atoms with Gasteiger partial charge in [-0.15, -0.1) is 11.3 Å². The lowest BCUT2D eigenvalue weighted by Gasteiger charge is -2.34. The van der Waals surface area contributed by atoms with Crippen LogP contribution in [0, 0.1) is 0 Å². The van der Waals surface area contributed by atoms with Crippen LogP contribution in [-0.4, -0.2) is 53.7 Å². The summed E-state index contributed by atoms with van der Waals surface area (Å²) in [6.45, 7) is 3.29. The largest absolute Gasteiger partial charge is 0.396 e. The van der Waals surface area contributed by atoms with E-state index < -0.39 is 0 Å². The molecule has 0 aliphatic carbocycles. The number of aromatic nitrogens is 1. The molecule has 0 atom stereocenters. The van der Waals surface area contributed by atoms with Crippen LogP contribution >= 0.6 is 11.3 Å². The summed E-state index contributed by atoms with van der Waals surface area (Å²) in [6.07, 6.45) is 2.82. The second-order valence-electron chi connectivity index (χ2n) is 4.01. The van der Waals surface area contributed by atoms with E-state index in [9.17, 15) is 4.79 Å². The smallest absolute Gasteiger partial charge is 0.222 e. The first-order valence-corrected chi connectivity index (χ1v) is 6.72. The fourth-order valence-corrected chi connectivity index (χ4v) is 2.60. The van der Waals surface area contributed by atoms with Gasteiger partial charge >= 0.3 is 0 Å². The maximum Gasteiger partial charge on any atom is 0.222 e. The lowest BCUT2D eigenvalue weighted by molar-refractivity contribution is -0.131. The maximum absolute atomic E-state index is 11.7. The van der Waals surface area contributed by atoms with Crippen LogP contribution in [0.15, 0.2) is 11.6 Å². The molecule has 0 radical (unpaired) electrons. The minimum atomic E-state index is 0.0881. The van der Waals surface area contributed by atoms with Gasteiger partial charge in [0, 0.05) is 50.8 Å². The summed E-state index contributed by atoms with van der Waals surface area (Å²) in [4.78, 5) is 20.1. The highest BCUT2D eigenvalue weighted by Crippen LogP contribution is 2.19. The Morgan fingerprint density at radius 2 is 2.18 bits per heavy atom. The van der Waals surface area contributed by atoms with E-state index in [-0.39, 0.29) is 12.5 Å². The van der Waals surface area contributed by atoms with Crippen molar-refractivity contribution < 1.29 is 9.90 Å². The van der Waals surface area contributed by atoms with Crippen molar-refractivity contribution in [3.63, 3.8) is 0 Å². The topological polar surface area (TPSA) is 56.7 Å². The summed E-state index contributed by atoms with van der Waals surface area (Å²) in [5.41, 5.74) is 0. The van der Waals surface area contributed by atoms with Gasteiger partial charge in [0.2, 0.25) is 5.91 Å². The fourth-order valence-electron chi connectivity index (χ4n) is 1.91. The highest BCUT2D eigenvalue weighted by atomic mass is 32.1. The minimum Gasteiger partial charge on any atom is -0.396 e. The van der Waals surface area contributed by atoms with Gasteiger partial charge in [-0.25, -0.2) is 4.98 Å². The predicted molar refractivity (Wildman–Crippen MR) is 67.2 cm³/mol. The Labute approximate surface area is 105 Å². The van der Waals surface area contributed by atoms with Crippen LogP contribution in [-0.2, 0) is 4.79 Å². The first-order chi connectivity index (χ1) is 8.31. The average molecular weight is 255 g/mol. The van der Waals surface area contributed by atoms with Gasteiger partial charge in [-0.2, -0.15) is 0 Å². The molecule has 94 valence electrons. The summed E-state index contributed by atoms with van der Waals surface area (Å²) in [7, 11) is 0. The van der Waals surface area contributed by atoms with Gasteiger partial charge in [-0.05, 0) is 6.42 Å². The van der Waals surface area contributed by atoms with Crippen molar-refractivity contribution >= 4 is 22.4 Å². The molecule has 1 fully saturated rings. The van der Waals surface area contributed by atoms with Crippen molar-refractivity contribution in [2.24, 2.45) is 0 Å². The Hall–Kier alpha value is -1.14. The molecule has 0 aromatic carbocycles. The molecule has 5 nitrogen and oxygen atoms in total. The highest BCUT2D eigenvalue weighted by Gasteiger charge is 2.21. The molecule has 6 heteroatoms. The zero-order chi connectivity index (χ0) is 12.1. The van der Waals surface area contributed by atoms with Crippen LogP contribution in [0.2, 0.25) is 0 Å². The van der Waals surface area contributed by atoms with Crippen molar-refractivity contribution in [1.82, 2.24) is 9.88 Å². The molecule has 0 spiro atoms. The Kier molecular flexibility index (Phi) is 4.33. The van der Waals surface area contributed by atoms with Crippen molar-refractivity contribution in [2.75, 3.05) is 37.7 Å². The monoisotopic (exact) mass is 255 g/mol. The molecule has 2 rings (SSSR count). The van der Waals surface area contributed by atoms with Gasteiger partial charge in [0.1, 0.15) is 0 Å². The van der Waals surface area contributed by atoms with Crippen LogP contribution in [0.5, 0.6) is 0 Å². The molecule has 1 amide bonds. The Balaban J connectivity index is 1.80. The van der Waals surface area contributed by atoms with E-state index in [0.29, 0.717) is 12.8 Å². The summed E-state index contributed by atoms with van der Waals surface area (Å²) in [5, 5.41) is 11.7. The number of hydrogen-bond donors (Lipinski definition) is 1. The molecule has 1 aromatic heterocycles. The number of thiazole rings is 1. The standard InChI is InChI=1S/C11H17N3O2S/c15-8-1-2-10(16)13-4-6-14(7-5-13)11-12-3-9-17-11/h3,9,15H,1-2,4-8H2. The van der Waals surface area contributed by atoms with E-state index in [1.165, 1.54) is 0 Å². The van der Waals surface area contributed by atoms with Gasteiger partial charge in [0.15, 0.2) is 5.13 Å². The number of carbonyl (C=O) groups excluding carboxylic acids is 1. The third-order valence-corrected chi connectivity index (χ3v) is 3.70. The van der Waals surface area contributed by atoms with Crippen LogP contribution in [0.3, 0.4) is 0 Å². The average Bonchev–Trinajstić information content (AvgIpc) is 2.90. The number of piperazine rings is 1. The molecule has 1 saturated heterocycles. The Morgan fingerprint density at radius 1 is 1.41 bits per heavy atom. The predicted octanol–water partition coefficient (Wildman–Crippen LogP) is 0.564. The summed E-state index contributed by atoms with van der Waals surface area (Å²) < 4.78 is 0. The van der Waals surface area contributed by atoms with E-state index in [2.05, 4.69) is 9.88 Å². The Bertz CT molecular complexity index is 348. The molecule has 0 bridgehead atoms. The van der Waals surface area contributed by atoms with Crippen LogP contribution in [0.1, 0.15) is 12.8 Å². The molecule has 0 saturated carbocycles. The number of nitrogens with zero attached hydrogens (tertiary/aromatic N) is 3. The van der Waals surface area contributed by atoms with Gasteiger partial charge in [-0.1, -0.05) is 0 Å². The fraction of sp³-hybridized carbons (Fsp3) is 0.636. The van der Waals surface area contributed by atoms with Crippen molar-refractivity contribution in [3.05, 3.63) is 11.6 Å². The Morgan fingerprint density at radius 3 is 2.76 bits per heavy atom. The van der Waals surface area contributed by atoms with Gasteiger partial charge in [0.25, 0.3) is 0 Å². The van der Waals surface area contributed by atoms with E-state index in [4.69, 9.17) is 5.11 Å². The van der Waals surface area contributed by atoms with E-state index >= 15 is 0 Å². The summed E-state index contributed by atoms with van der Waals surface area (Å²) in [6, 6.07) is 0. The number of hydrogen-bond acceptors (Lipinski definition) is 5. The zero-order valence-electron chi connectivity index (χ0n) is 9.71. The molecule has 1 aromatic rings. The summed E-state index contributed by atoms with van der Waals surface area (Å²) in [5.74, 6) is 0.151. The third-order valence-electron chi connectivity index (χ3n) is 2.87. The molecule has 17 heavy (non-hydrogen) atoms. The quantitative estimate of drug-likeness (QED) is 0.854. The van der Waals surface area contributed by atoms with Gasteiger partial charge in [0.05, 0.1) is 0 Å². The van der Waals surface area contributed by atoms with Crippen molar-refractivity contribution in [3.8, 4) is 0 Å². The van der Waals surface area contributed by atoms with Crippen LogP contribution in [0.4, 0.5) is 5.13 Å². The second-order valence-corrected chi connectivity index (χ2v) is 4.88. The van der Waals surface area contributed by atoms with Crippen LogP contribution in [0.25, 0.3) is 0 Å². The molecular formula is C11H17N3O2S. The van der Waals surface area contributed by atoms with E-state index in [1.54, 1.807) is 17.5 Å². The second kappa shape index (κ2) is 5.97. The number of anilines is 1. The number of rotatable bonds is 4. The lowest BCUT2D eigenvalue weighted by Crippen LogP contribution is -2.48. The minimum absolute atomic E-state index is 0.0881. The number of aliphatic hydroxyl groups is 1. The van der Waals surface area contributed by atoms with Gasteiger partial charge in [-0.3, -0.25) is 4.79 Å². The van der Waals surface area contributed by atoms with Gasteiger partial charge < -0.3 is 14.9 Å². The SMILES string of the molecule is O=C(CCCO)N1CCN(c2nccs2)CC1. The first kappa shape index (κ1) is 12.3. The molecule has 0 unspecified atom stereocenters. The lowest BCUT2D eigenvalue weighted by atomic mass is 10.2. The van der Waals surface area contributed by atoms with Crippen molar-refractivity contribution in [2.45, 2.75) is 12.8 Å². The molecular weight excluding hydrogens is 238 g/mol. The highest BCUT2D eigenvalue weighted by molar-refractivity contribution is 7.13.